The summed E-state index contributed by atoms with van der Waals surface area (Å²) in [6.45, 7) is 12.5. The monoisotopic (exact) mass is 238 g/mol. The minimum Gasteiger partial charge on any atom is -0.469 e. The third-order valence-electron chi connectivity index (χ3n) is 3.82. The van der Waals surface area contributed by atoms with Crippen LogP contribution in [0.25, 0.3) is 0 Å². The van der Waals surface area contributed by atoms with Crippen LogP contribution in [0.3, 0.4) is 0 Å². The van der Waals surface area contributed by atoms with Crippen molar-refractivity contribution in [3.63, 3.8) is 0 Å². The Balaban J connectivity index is 2.62. The molecular weight excluding hydrogens is 212 g/mol. The first kappa shape index (κ1) is 14.3. The number of hydrogen-bond donors (Lipinski definition) is 1. The van der Waals surface area contributed by atoms with E-state index < -0.39 is 0 Å². The number of rotatable bonds is 5. The highest BCUT2D eigenvalue weighted by Gasteiger charge is 2.34. The van der Waals surface area contributed by atoms with E-state index in [1.54, 1.807) is 6.26 Å². The van der Waals surface area contributed by atoms with Gasteiger partial charge in [0.1, 0.15) is 5.76 Å². The van der Waals surface area contributed by atoms with Gasteiger partial charge in [0.2, 0.25) is 0 Å². The molecule has 1 aromatic rings. The van der Waals surface area contributed by atoms with Crippen molar-refractivity contribution in [2.24, 2.45) is 11.1 Å². The molecule has 0 saturated carbocycles. The summed E-state index contributed by atoms with van der Waals surface area (Å²) in [6.07, 6.45) is 1.75. The maximum Gasteiger partial charge on any atom is 0.105 e. The van der Waals surface area contributed by atoms with Crippen molar-refractivity contribution in [1.82, 2.24) is 4.90 Å². The lowest BCUT2D eigenvalue weighted by molar-refractivity contribution is 0.126. The van der Waals surface area contributed by atoms with Crippen molar-refractivity contribution in [3.8, 4) is 0 Å². The van der Waals surface area contributed by atoms with Crippen LogP contribution in [0.4, 0.5) is 0 Å². The summed E-state index contributed by atoms with van der Waals surface area (Å²) >= 11 is 0. The molecule has 98 valence electrons. The molecule has 0 atom stereocenters. The lowest BCUT2D eigenvalue weighted by Gasteiger charge is -2.41. The van der Waals surface area contributed by atoms with Gasteiger partial charge in [0.15, 0.2) is 0 Å². The van der Waals surface area contributed by atoms with E-state index in [9.17, 15) is 0 Å². The van der Waals surface area contributed by atoms with Gasteiger partial charge >= 0.3 is 0 Å². The Morgan fingerprint density at radius 2 is 1.88 bits per heavy atom. The van der Waals surface area contributed by atoms with Gasteiger partial charge in [-0.15, -0.1) is 0 Å². The third-order valence-corrected chi connectivity index (χ3v) is 3.82. The van der Waals surface area contributed by atoms with Crippen LogP contribution < -0.4 is 5.73 Å². The molecule has 0 unspecified atom stereocenters. The number of nitrogens with two attached hydrogens (primary N) is 1. The molecule has 0 saturated heterocycles. The van der Waals surface area contributed by atoms with E-state index in [0.717, 1.165) is 18.8 Å². The maximum atomic E-state index is 6.22. The van der Waals surface area contributed by atoms with Crippen molar-refractivity contribution in [1.29, 1.82) is 0 Å². The van der Waals surface area contributed by atoms with Crippen molar-refractivity contribution >= 4 is 0 Å². The zero-order chi connectivity index (χ0) is 13.3. The highest BCUT2D eigenvalue weighted by molar-refractivity contribution is 5.15. The van der Waals surface area contributed by atoms with E-state index in [-0.39, 0.29) is 11.0 Å². The lowest BCUT2D eigenvalue weighted by Crippen LogP contribution is -2.52. The van der Waals surface area contributed by atoms with Crippen LogP contribution in [0.2, 0.25) is 0 Å². The van der Waals surface area contributed by atoms with Gasteiger partial charge in [0.25, 0.3) is 0 Å². The molecule has 0 bridgehead atoms. The summed E-state index contributed by atoms with van der Waals surface area (Å²) < 4.78 is 5.31. The Kier molecular flexibility index (Phi) is 4.05. The van der Waals surface area contributed by atoms with Gasteiger partial charge in [-0.1, -0.05) is 13.8 Å². The van der Waals surface area contributed by atoms with E-state index in [2.05, 4.69) is 39.6 Å². The maximum absolute atomic E-state index is 6.22. The van der Waals surface area contributed by atoms with Gasteiger partial charge in [0.05, 0.1) is 6.26 Å². The summed E-state index contributed by atoms with van der Waals surface area (Å²) in [4.78, 5) is 2.30. The first-order valence-electron chi connectivity index (χ1n) is 6.14. The van der Waals surface area contributed by atoms with E-state index in [1.165, 1.54) is 5.56 Å². The Labute approximate surface area is 105 Å². The van der Waals surface area contributed by atoms with Gasteiger partial charge in [-0.2, -0.15) is 0 Å². The Hall–Kier alpha value is -0.800. The number of furan rings is 1. The van der Waals surface area contributed by atoms with Crippen LogP contribution in [-0.2, 0) is 6.54 Å². The molecule has 17 heavy (non-hydrogen) atoms. The smallest absolute Gasteiger partial charge is 0.105 e. The molecule has 0 fully saturated rings. The highest BCUT2D eigenvalue weighted by atomic mass is 16.3. The zero-order valence-corrected chi connectivity index (χ0v) is 12.0. The highest BCUT2D eigenvalue weighted by Crippen LogP contribution is 2.29. The van der Waals surface area contributed by atoms with Gasteiger partial charge in [-0.25, -0.2) is 0 Å². The van der Waals surface area contributed by atoms with Crippen LogP contribution in [0.1, 0.15) is 39.0 Å². The predicted molar refractivity (Wildman–Crippen MR) is 71.8 cm³/mol. The largest absolute Gasteiger partial charge is 0.469 e. The van der Waals surface area contributed by atoms with E-state index >= 15 is 0 Å². The standard InChI is InChI=1S/C14H26N2O/c1-11-12(7-8-17-11)9-16(6)10-13(2,3)14(4,5)15/h7-8H,9-10,15H2,1-6H3. The molecule has 0 amide bonds. The van der Waals surface area contributed by atoms with Gasteiger partial charge < -0.3 is 15.1 Å². The molecule has 0 aliphatic carbocycles. The van der Waals surface area contributed by atoms with Crippen LogP contribution in [-0.4, -0.2) is 24.0 Å². The fraction of sp³-hybridized carbons (Fsp3) is 0.714. The predicted octanol–water partition coefficient (Wildman–Crippen LogP) is 2.78. The van der Waals surface area contributed by atoms with E-state index in [0.29, 0.717) is 0 Å². The second-order valence-corrected chi connectivity index (χ2v) is 6.28. The summed E-state index contributed by atoms with van der Waals surface area (Å²) in [6, 6.07) is 2.03. The van der Waals surface area contributed by atoms with Gasteiger partial charge in [-0.3, -0.25) is 0 Å². The lowest BCUT2D eigenvalue weighted by atomic mass is 9.75. The number of aryl methyl sites for hydroxylation is 1. The van der Waals surface area contributed by atoms with Crippen molar-refractivity contribution < 1.29 is 4.42 Å². The molecule has 0 radical (unpaired) electrons. The van der Waals surface area contributed by atoms with E-state index in [1.807, 2.05) is 13.0 Å². The third kappa shape index (κ3) is 3.58. The average Bonchev–Trinajstić information content (AvgIpc) is 2.48. The van der Waals surface area contributed by atoms with E-state index in [4.69, 9.17) is 10.2 Å². The summed E-state index contributed by atoms with van der Waals surface area (Å²) in [5.74, 6) is 1.00. The summed E-state index contributed by atoms with van der Waals surface area (Å²) in [5.41, 5.74) is 7.35. The molecule has 1 aromatic heterocycles. The fourth-order valence-corrected chi connectivity index (χ4v) is 1.80. The molecule has 0 spiro atoms. The molecule has 3 nitrogen and oxygen atoms in total. The Bertz CT molecular complexity index is 361. The summed E-state index contributed by atoms with van der Waals surface area (Å²) in [5, 5.41) is 0. The van der Waals surface area contributed by atoms with Crippen LogP contribution in [0.15, 0.2) is 16.7 Å². The second-order valence-electron chi connectivity index (χ2n) is 6.28. The van der Waals surface area contributed by atoms with Crippen molar-refractivity contribution in [2.45, 2.75) is 46.7 Å². The second kappa shape index (κ2) is 4.83. The minimum atomic E-state index is -0.188. The molecule has 0 aromatic carbocycles. The normalized spacial score (nSPS) is 13.4. The average molecular weight is 238 g/mol. The number of hydrogen-bond acceptors (Lipinski definition) is 3. The topological polar surface area (TPSA) is 42.4 Å². The first-order chi connectivity index (χ1) is 7.63. The molecule has 0 aliphatic heterocycles. The molecule has 3 heteroatoms. The minimum absolute atomic E-state index is 0.0688. The SMILES string of the molecule is Cc1occc1CN(C)CC(C)(C)C(C)(C)N. The summed E-state index contributed by atoms with van der Waals surface area (Å²) in [7, 11) is 2.12. The van der Waals surface area contributed by atoms with Gasteiger partial charge in [-0.05, 0) is 39.3 Å². The zero-order valence-electron chi connectivity index (χ0n) is 12.0. The molecule has 0 aliphatic rings. The van der Waals surface area contributed by atoms with Gasteiger partial charge in [0, 0.05) is 24.2 Å². The Morgan fingerprint density at radius 3 is 2.29 bits per heavy atom. The van der Waals surface area contributed by atoms with Crippen LogP contribution >= 0.6 is 0 Å². The first-order valence-corrected chi connectivity index (χ1v) is 6.14. The molecular formula is C14H26N2O. The molecule has 2 N–H and O–H groups in total. The Morgan fingerprint density at radius 1 is 1.29 bits per heavy atom. The van der Waals surface area contributed by atoms with Crippen LogP contribution in [0.5, 0.6) is 0 Å². The van der Waals surface area contributed by atoms with Crippen molar-refractivity contribution in [3.05, 3.63) is 23.7 Å². The fourth-order valence-electron chi connectivity index (χ4n) is 1.80. The number of nitrogens with zero attached hydrogens (tertiary/aromatic N) is 1. The van der Waals surface area contributed by atoms with Crippen molar-refractivity contribution in [2.75, 3.05) is 13.6 Å². The molecule has 1 heterocycles. The van der Waals surface area contributed by atoms with Crippen LogP contribution in [0, 0.1) is 12.3 Å². The molecule has 1 rings (SSSR count). The quantitative estimate of drug-likeness (QED) is 0.857.